The summed E-state index contributed by atoms with van der Waals surface area (Å²) in [5, 5.41) is 0. The quantitative estimate of drug-likeness (QED) is 0.418. The maximum atomic E-state index is 13.6. The Hall–Kier alpha value is -0.650. The van der Waals surface area contributed by atoms with Gasteiger partial charge in [-0.1, -0.05) is 13.0 Å². The van der Waals surface area contributed by atoms with Crippen molar-refractivity contribution < 1.29 is 22.0 Å². The zero-order valence-electron chi connectivity index (χ0n) is 8.73. The van der Waals surface area contributed by atoms with E-state index in [1.165, 1.54) is 0 Å². The molecule has 0 aromatic rings. The highest BCUT2D eigenvalue weighted by molar-refractivity contribution is 5.07. The van der Waals surface area contributed by atoms with Crippen LogP contribution >= 0.6 is 0 Å². The Balaban J connectivity index is 2.82. The minimum atomic E-state index is -5.27. The van der Waals surface area contributed by atoms with Gasteiger partial charge in [0.25, 0.3) is 5.67 Å². The molecule has 6 heteroatoms. The minimum absolute atomic E-state index is 0.00622. The van der Waals surface area contributed by atoms with Gasteiger partial charge < -0.3 is 0 Å². The lowest BCUT2D eigenvalue weighted by atomic mass is 10.0. The van der Waals surface area contributed by atoms with Crippen molar-refractivity contribution in [2.45, 2.75) is 37.4 Å². The van der Waals surface area contributed by atoms with Crippen molar-refractivity contribution in [2.24, 2.45) is 0 Å². The molecule has 1 aliphatic heterocycles. The summed E-state index contributed by atoms with van der Waals surface area (Å²) in [5.41, 5.74) is -3.98. The van der Waals surface area contributed by atoms with Crippen LogP contribution in [0.1, 0.15) is 19.3 Å². The second-order valence-corrected chi connectivity index (χ2v) is 3.90. The van der Waals surface area contributed by atoms with E-state index >= 15 is 0 Å². The monoisotopic (exact) mass is 243 g/mol. The van der Waals surface area contributed by atoms with E-state index in [-0.39, 0.29) is 19.2 Å². The Morgan fingerprint density at radius 2 is 1.56 bits per heavy atom. The van der Waals surface area contributed by atoms with Gasteiger partial charge in [0.2, 0.25) is 6.30 Å². The first-order chi connectivity index (χ1) is 7.33. The lowest BCUT2D eigenvalue weighted by Crippen LogP contribution is -2.55. The SMILES string of the molecule is C=CC(F)(C(F)N1CCCCC1)C(F)(F)F. The molecular weight excluding hydrogens is 229 g/mol. The summed E-state index contributed by atoms with van der Waals surface area (Å²) >= 11 is 0. The van der Waals surface area contributed by atoms with E-state index in [2.05, 4.69) is 6.58 Å². The highest BCUT2D eigenvalue weighted by Gasteiger charge is 2.61. The molecule has 0 aliphatic carbocycles. The number of halogens is 5. The minimum Gasteiger partial charge on any atom is -0.271 e. The van der Waals surface area contributed by atoms with Crippen LogP contribution in [-0.2, 0) is 0 Å². The first-order valence-corrected chi connectivity index (χ1v) is 5.10. The molecular formula is C10H14F5N. The van der Waals surface area contributed by atoms with Crippen LogP contribution in [0.4, 0.5) is 22.0 Å². The summed E-state index contributed by atoms with van der Waals surface area (Å²) < 4.78 is 64.3. The Kier molecular flexibility index (Phi) is 3.93. The molecule has 1 nitrogen and oxygen atoms in total. The second-order valence-electron chi connectivity index (χ2n) is 3.90. The van der Waals surface area contributed by atoms with Gasteiger partial charge in [0, 0.05) is 13.1 Å². The van der Waals surface area contributed by atoms with Crippen LogP contribution in [0.5, 0.6) is 0 Å². The first kappa shape index (κ1) is 13.4. The molecule has 1 saturated heterocycles. The number of likely N-dealkylation sites (tertiary alicyclic amines) is 1. The van der Waals surface area contributed by atoms with Crippen molar-refractivity contribution in [3.05, 3.63) is 12.7 Å². The van der Waals surface area contributed by atoms with E-state index in [0.29, 0.717) is 12.8 Å². The number of hydrogen-bond donors (Lipinski definition) is 0. The zero-order valence-corrected chi connectivity index (χ0v) is 8.73. The summed E-state index contributed by atoms with van der Waals surface area (Å²) in [4.78, 5) is 0.888. The van der Waals surface area contributed by atoms with Crippen LogP contribution in [-0.4, -0.2) is 36.1 Å². The number of hydrogen-bond acceptors (Lipinski definition) is 1. The third-order valence-electron chi connectivity index (χ3n) is 2.79. The van der Waals surface area contributed by atoms with E-state index in [9.17, 15) is 22.0 Å². The van der Waals surface area contributed by atoms with E-state index in [1.807, 2.05) is 0 Å². The average molecular weight is 243 g/mol. The van der Waals surface area contributed by atoms with Crippen molar-refractivity contribution in [3.63, 3.8) is 0 Å². The Morgan fingerprint density at radius 3 is 1.94 bits per heavy atom. The van der Waals surface area contributed by atoms with Gasteiger partial charge in [-0.2, -0.15) is 13.2 Å². The number of rotatable bonds is 3. The van der Waals surface area contributed by atoms with Crippen LogP contribution in [0.2, 0.25) is 0 Å². The van der Waals surface area contributed by atoms with E-state index in [4.69, 9.17) is 0 Å². The fourth-order valence-electron chi connectivity index (χ4n) is 1.76. The van der Waals surface area contributed by atoms with Gasteiger partial charge in [0.1, 0.15) is 0 Å². The molecule has 16 heavy (non-hydrogen) atoms. The van der Waals surface area contributed by atoms with Crippen molar-refractivity contribution in [2.75, 3.05) is 13.1 Å². The fourth-order valence-corrected chi connectivity index (χ4v) is 1.76. The molecule has 0 spiro atoms. The Labute approximate surface area is 90.9 Å². The standard InChI is InChI=1S/C10H14F5N/c1-2-9(12,10(13,14)15)8(11)16-6-4-3-5-7-16/h2,8H,1,3-7H2. The van der Waals surface area contributed by atoms with Crippen LogP contribution in [0, 0.1) is 0 Å². The largest absolute Gasteiger partial charge is 0.430 e. The van der Waals surface area contributed by atoms with Crippen molar-refractivity contribution in [3.8, 4) is 0 Å². The molecule has 2 atom stereocenters. The topological polar surface area (TPSA) is 3.24 Å². The van der Waals surface area contributed by atoms with Crippen molar-refractivity contribution in [1.82, 2.24) is 4.90 Å². The van der Waals surface area contributed by atoms with Gasteiger partial charge in [0.15, 0.2) is 0 Å². The predicted molar refractivity (Wildman–Crippen MR) is 50.4 cm³/mol. The molecule has 1 rings (SSSR count). The third kappa shape index (κ3) is 2.36. The summed E-state index contributed by atoms with van der Waals surface area (Å²) in [5.74, 6) is 0. The van der Waals surface area contributed by atoms with Crippen molar-refractivity contribution in [1.29, 1.82) is 0 Å². The maximum absolute atomic E-state index is 13.6. The predicted octanol–water partition coefficient (Wildman–Crippen LogP) is 3.22. The molecule has 0 amide bonds. The molecule has 1 aliphatic rings. The molecule has 94 valence electrons. The Bertz CT molecular complexity index is 246. The van der Waals surface area contributed by atoms with Crippen LogP contribution in [0.25, 0.3) is 0 Å². The summed E-state index contributed by atoms with van der Waals surface area (Å²) in [6, 6.07) is 0. The van der Waals surface area contributed by atoms with Gasteiger partial charge in [0.05, 0.1) is 0 Å². The lowest BCUT2D eigenvalue weighted by molar-refractivity contribution is -0.249. The highest BCUT2D eigenvalue weighted by Crippen LogP contribution is 2.40. The molecule has 0 saturated carbocycles. The van der Waals surface area contributed by atoms with Crippen LogP contribution in [0.15, 0.2) is 12.7 Å². The number of nitrogens with zero attached hydrogens (tertiary/aromatic N) is 1. The van der Waals surface area contributed by atoms with Gasteiger partial charge in [-0.15, -0.1) is 0 Å². The van der Waals surface area contributed by atoms with E-state index in [0.717, 1.165) is 11.3 Å². The van der Waals surface area contributed by atoms with Crippen molar-refractivity contribution >= 4 is 0 Å². The second kappa shape index (κ2) is 4.69. The molecule has 0 radical (unpaired) electrons. The highest BCUT2D eigenvalue weighted by atomic mass is 19.4. The third-order valence-corrected chi connectivity index (χ3v) is 2.79. The normalized spacial score (nSPS) is 24.8. The fraction of sp³-hybridized carbons (Fsp3) is 0.800. The summed E-state index contributed by atoms with van der Waals surface area (Å²) in [6.07, 6.45) is -5.96. The first-order valence-electron chi connectivity index (χ1n) is 5.10. The number of piperidine rings is 1. The van der Waals surface area contributed by atoms with Gasteiger partial charge in [-0.05, 0) is 18.9 Å². The Morgan fingerprint density at radius 1 is 1.06 bits per heavy atom. The van der Waals surface area contributed by atoms with Crippen LogP contribution in [0.3, 0.4) is 0 Å². The summed E-state index contributed by atoms with van der Waals surface area (Å²) in [6.45, 7) is 3.05. The smallest absolute Gasteiger partial charge is 0.271 e. The summed E-state index contributed by atoms with van der Waals surface area (Å²) in [7, 11) is 0. The number of alkyl halides is 5. The molecule has 0 aromatic heterocycles. The lowest BCUT2D eigenvalue weighted by Gasteiger charge is -2.37. The molecule has 2 unspecified atom stereocenters. The molecule has 1 fully saturated rings. The average Bonchev–Trinajstić information content (AvgIpc) is 2.26. The van der Waals surface area contributed by atoms with Gasteiger partial charge >= 0.3 is 6.18 Å². The molecule has 0 bridgehead atoms. The molecule has 0 N–H and O–H groups in total. The zero-order chi connectivity index (χ0) is 12.4. The van der Waals surface area contributed by atoms with E-state index < -0.39 is 18.1 Å². The molecule has 1 heterocycles. The van der Waals surface area contributed by atoms with Gasteiger partial charge in [-0.25, -0.2) is 8.78 Å². The maximum Gasteiger partial charge on any atom is 0.430 e. The van der Waals surface area contributed by atoms with Gasteiger partial charge in [-0.3, -0.25) is 4.90 Å². The molecule has 0 aromatic carbocycles. The van der Waals surface area contributed by atoms with E-state index in [1.54, 1.807) is 0 Å². The van der Waals surface area contributed by atoms with Crippen LogP contribution < -0.4 is 0 Å².